The maximum absolute atomic E-state index is 13.8. The molecule has 1 aromatic heterocycles. The van der Waals surface area contributed by atoms with E-state index in [1.54, 1.807) is 18.3 Å². The molecule has 7 nitrogen and oxygen atoms in total. The van der Waals surface area contributed by atoms with Crippen LogP contribution in [0.15, 0.2) is 89.3 Å². The second-order valence-electron chi connectivity index (χ2n) is 6.84. The van der Waals surface area contributed by atoms with Crippen LogP contribution in [0.3, 0.4) is 0 Å². The molecule has 1 heterocycles. The highest BCUT2D eigenvalue weighted by atomic mass is 32.2. The third kappa shape index (κ3) is 5.73. The van der Waals surface area contributed by atoms with Gasteiger partial charge >= 0.3 is 0 Å². The van der Waals surface area contributed by atoms with Crippen molar-refractivity contribution in [1.29, 1.82) is 0 Å². The van der Waals surface area contributed by atoms with Gasteiger partial charge in [0.25, 0.3) is 21.1 Å². The van der Waals surface area contributed by atoms with Crippen LogP contribution in [-0.2, 0) is 16.6 Å². The van der Waals surface area contributed by atoms with Crippen molar-refractivity contribution in [1.82, 2.24) is 10.3 Å². The van der Waals surface area contributed by atoms with Crippen molar-refractivity contribution in [2.75, 3.05) is 4.72 Å². The largest absolute Gasteiger partial charge is 0.431 e. The number of amides is 1. The molecule has 0 aliphatic heterocycles. The van der Waals surface area contributed by atoms with Crippen LogP contribution in [0.5, 0.6) is 10.9 Å². The zero-order valence-electron chi connectivity index (χ0n) is 17.1. The Bertz CT molecular complexity index is 1340. The number of aromatic nitrogens is 1. The van der Waals surface area contributed by atoms with Crippen LogP contribution in [-0.4, -0.2) is 19.3 Å². The van der Waals surface area contributed by atoms with E-state index in [0.29, 0.717) is 23.1 Å². The van der Waals surface area contributed by atoms with E-state index in [1.807, 2.05) is 17.5 Å². The quantitative estimate of drug-likeness (QED) is 0.375. The number of nitrogens with one attached hydrogen (secondary N) is 2. The minimum atomic E-state index is -4.08. The van der Waals surface area contributed by atoms with E-state index in [9.17, 15) is 17.6 Å². The van der Waals surface area contributed by atoms with Gasteiger partial charge in [0, 0.05) is 29.4 Å². The summed E-state index contributed by atoms with van der Waals surface area (Å²) < 4.78 is 46.5. The van der Waals surface area contributed by atoms with Crippen molar-refractivity contribution < 1.29 is 22.3 Å². The van der Waals surface area contributed by atoms with E-state index >= 15 is 0 Å². The Balaban J connectivity index is 1.33. The first-order valence-corrected chi connectivity index (χ1v) is 12.1. The Kier molecular flexibility index (Phi) is 6.66. The molecule has 33 heavy (non-hydrogen) atoms. The molecule has 0 saturated carbocycles. The number of thiazole rings is 1. The van der Waals surface area contributed by atoms with Gasteiger partial charge in [-0.3, -0.25) is 9.52 Å². The maximum Gasteiger partial charge on any atom is 0.278 e. The standard InChI is InChI=1S/C23H18FN3O4S2/c24-20-3-1-2-4-21(20)33(29,30)27-18-9-7-17(8-10-18)22(28)26-15-16-5-11-19(12-6-16)31-23-25-13-14-32-23/h1-14,27H,15H2,(H,26,28). The van der Waals surface area contributed by atoms with Crippen LogP contribution < -0.4 is 14.8 Å². The number of carbonyl (C=O) groups is 1. The SMILES string of the molecule is O=C(NCc1ccc(Oc2nccs2)cc1)c1ccc(NS(=O)(=O)c2ccccc2F)cc1. The maximum atomic E-state index is 13.8. The van der Waals surface area contributed by atoms with Crippen LogP contribution >= 0.6 is 11.3 Å². The summed E-state index contributed by atoms with van der Waals surface area (Å²) in [6.07, 6.45) is 1.66. The third-order valence-corrected chi connectivity index (χ3v) is 6.58. The lowest BCUT2D eigenvalue weighted by molar-refractivity contribution is 0.0951. The number of ether oxygens (including phenoxy) is 1. The monoisotopic (exact) mass is 483 g/mol. The van der Waals surface area contributed by atoms with Crippen LogP contribution in [0.2, 0.25) is 0 Å². The fraction of sp³-hybridized carbons (Fsp3) is 0.0435. The van der Waals surface area contributed by atoms with Crippen molar-refractivity contribution in [2.24, 2.45) is 0 Å². The lowest BCUT2D eigenvalue weighted by Crippen LogP contribution is -2.22. The molecule has 168 valence electrons. The van der Waals surface area contributed by atoms with Gasteiger partial charge in [-0.2, -0.15) is 0 Å². The molecule has 0 aliphatic rings. The van der Waals surface area contributed by atoms with Crippen molar-refractivity contribution in [2.45, 2.75) is 11.4 Å². The van der Waals surface area contributed by atoms with Crippen molar-refractivity contribution >= 4 is 33.0 Å². The van der Waals surface area contributed by atoms with Crippen molar-refractivity contribution in [3.63, 3.8) is 0 Å². The molecule has 0 fully saturated rings. The smallest absolute Gasteiger partial charge is 0.278 e. The van der Waals surface area contributed by atoms with Crippen molar-refractivity contribution in [3.8, 4) is 10.9 Å². The highest BCUT2D eigenvalue weighted by Crippen LogP contribution is 2.23. The molecule has 1 amide bonds. The second-order valence-corrected chi connectivity index (χ2v) is 9.35. The van der Waals surface area contributed by atoms with E-state index in [1.165, 1.54) is 53.8 Å². The highest BCUT2D eigenvalue weighted by molar-refractivity contribution is 7.92. The fourth-order valence-corrected chi connectivity index (χ4v) is 4.53. The summed E-state index contributed by atoms with van der Waals surface area (Å²) in [6.45, 7) is 0.304. The number of hydrogen-bond donors (Lipinski definition) is 2. The number of rotatable bonds is 8. The summed E-state index contributed by atoms with van der Waals surface area (Å²) >= 11 is 1.39. The Morgan fingerprint density at radius 1 is 1.00 bits per heavy atom. The lowest BCUT2D eigenvalue weighted by Gasteiger charge is -2.10. The van der Waals surface area contributed by atoms with E-state index in [-0.39, 0.29) is 11.6 Å². The average Bonchev–Trinajstić information content (AvgIpc) is 3.32. The molecule has 2 N–H and O–H groups in total. The minimum absolute atomic E-state index is 0.214. The van der Waals surface area contributed by atoms with E-state index in [0.717, 1.165) is 11.6 Å². The van der Waals surface area contributed by atoms with Crippen LogP contribution in [0.4, 0.5) is 10.1 Å². The number of sulfonamides is 1. The molecule has 0 saturated heterocycles. The van der Waals surface area contributed by atoms with Gasteiger partial charge < -0.3 is 10.1 Å². The van der Waals surface area contributed by atoms with Gasteiger partial charge in [-0.15, -0.1) is 0 Å². The molecule has 0 atom stereocenters. The van der Waals surface area contributed by atoms with Crippen molar-refractivity contribution in [3.05, 3.63) is 101 Å². The predicted octanol–water partition coefficient (Wildman–Crippen LogP) is 4.81. The summed E-state index contributed by atoms with van der Waals surface area (Å²) in [6, 6.07) is 18.2. The zero-order chi connectivity index (χ0) is 23.3. The summed E-state index contributed by atoms with van der Waals surface area (Å²) in [5.74, 6) is -0.515. The molecule has 4 aromatic rings. The van der Waals surface area contributed by atoms with Crippen LogP contribution in [0, 0.1) is 5.82 Å². The Hall–Kier alpha value is -3.76. The number of halogens is 1. The number of nitrogens with zero attached hydrogens (tertiary/aromatic N) is 1. The van der Waals surface area contributed by atoms with Crippen LogP contribution in [0.25, 0.3) is 0 Å². The Morgan fingerprint density at radius 3 is 2.39 bits per heavy atom. The van der Waals surface area contributed by atoms with Crippen LogP contribution in [0.1, 0.15) is 15.9 Å². The molecule has 0 spiro atoms. The molecule has 0 bridgehead atoms. The van der Waals surface area contributed by atoms with Gasteiger partial charge in [0.05, 0.1) is 0 Å². The lowest BCUT2D eigenvalue weighted by atomic mass is 10.2. The summed E-state index contributed by atoms with van der Waals surface area (Å²) in [4.78, 5) is 16.0. The summed E-state index contributed by atoms with van der Waals surface area (Å²) in [7, 11) is -4.08. The summed E-state index contributed by atoms with van der Waals surface area (Å²) in [5, 5.41) is 5.18. The molecular formula is C23H18FN3O4S2. The van der Waals surface area contributed by atoms with Gasteiger partial charge in [0.15, 0.2) is 0 Å². The number of anilines is 1. The normalized spacial score (nSPS) is 11.1. The minimum Gasteiger partial charge on any atom is -0.431 e. The number of hydrogen-bond acceptors (Lipinski definition) is 6. The van der Waals surface area contributed by atoms with E-state index < -0.39 is 20.7 Å². The predicted molar refractivity (Wildman–Crippen MR) is 123 cm³/mol. The summed E-state index contributed by atoms with van der Waals surface area (Å²) in [5.41, 5.74) is 1.45. The Labute approximate surface area is 193 Å². The second kappa shape index (κ2) is 9.80. The average molecular weight is 484 g/mol. The number of benzene rings is 3. The molecule has 3 aromatic carbocycles. The third-order valence-electron chi connectivity index (χ3n) is 4.52. The fourth-order valence-electron chi connectivity index (χ4n) is 2.88. The van der Waals surface area contributed by atoms with Gasteiger partial charge in [0.2, 0.25) is 0 Å². The topological polar surface area (TPSA) is 97.4 Å². The van der Waals surface area contributed by atoms with Gasteiger partial charge in [0.1, 0.15) is 16.5 Å². The molecular weight excluding hydrogens is 465 g/mol. The molecule has 10 heteroatoms. The van der Waals surface area contributed by atoms with Gasteiger partial charge in [-0.25, -0.2) is 17.8 Å². The molecule has 0 aliphatic carbocycles. The first-order valence-electron chi connectivity index (χ1n) is 9.73. The highest BCUT2D eigenvalue weighted by Gasteiger charge is 2.18. The Morgan fingerprint density at radius 2 is 1.73 bits per heavy atom. The van der Waals surface area contributed by atoms with Gasteiger partial charge in [-0.05, 0) is 54.1 Å². The van der Waals surface area contributed by atoms with Gasteiger partial charge in [-0.1, -0.05) is 35.6 Å². The molecule has 4 rings (SSSR count). The first kappa shape index (κ1) is 22.4. The molecule has 0 radical (unpaired) electrons. The molecule has 0 unspecified atom stereocenters. The van der Waals surface area contributed by atoms with E-state index in [2.05, 4.69) is 15.0 Å². The first-order chi connectivity index (χ1) is 15.9. The number of carbonyl (C=O) groups excluding carboxylic acids is 1. The zero-order valence-corrected chi connectivity index (χ0v) is 18.7. The van der Waals surface area contributed by atoms with E-state index in [4.69, 9.17) is 4.74 Å².